The van der Waals surface area contributed by atoms with E-state index in [1.807, 2.05) is 0 Å². The number of benzene rings is 3. The lowest BCUT2D eigenvalue weighted by Crippen LogP contribution is -2.34. The van der Waals surface area contributed by atoms with Crippen molar-refractivity contribution in [3.8, 4) is 17.2 Å². The number of methoxy groups -OCH3 is 3. The predicted octanol–water partition coefficient (Wildman–Crippen LogP) is 4.81. The lowest BCUT2D eigenvalue weighted by atomic mass is 10.1. The van der Waals surface area contributed by atoms with E-state index in [-0.39, 0.29) is 0 Å². The van der Waals surface area contributed by atoms with E-state index >= 15 is 0 Å². The average molecular weight is 446 g/mol. The van der Waals surface area contributed by atoms with Crippen molar-refractivity contribution in [3.63, 3.8) is 0 Å². The Morgan fingerprint density at radius 2 is 1.52 bits per heavy atom. The zero-order valence-corrected chi connectivity index (χ0v) is 18.5. The summed E-state index contributed by atoms with van der Waals surface area (Å²) in [6.07, 6.45) is 0. The van der Waals surface area contributed by atoms with Crippen LogP contribution in [-0.4, -0.2) is 29.7 Å². The fourth-order valence-corrected chi connectivity index (χ4v) is 5.07. The summed E-state index contributed by atoms with van der Waals surface area (Å²) in [5, 5.41) is 0. The molecule has 8 heteroatoms. The van der Waals surface area contributed by atoms with Gasteiger partial charge in [0.15, 0.2) is 0 Å². The third kappa shape index (κ3) is 4.44. The fourth-order valence-electron chi connectivity index (χ4n) is 3.37. The molecule has 0 saturated carbocycles. The largest absolute Gasteiger partial charge is 0.497 e. The minimum absolute atomic E-state index is 0.319. The first-order valence-electron chi connectivity index (χ1n) is 9.48. The van der Waals surface area contributed by atoms with Crippen LogP contribution in [0.4, 0.5) is 10.1 Å². The van der Waals surface area contributed by atoms with Gasteiger partial charge in [0.1, 0.15) is 28.0 Å². The zero-order valence-electron chi connectivity index (χ0n) is 17.7. The van der Waals surface area contributed by atoms with Gasteiger partial charge in [-0.1, -0.05) is 18.2 Å². The smallest absolute Gasteiger partial charge is 0.267 e. The van der Waals surface area contributed by atoms with Crippen LogP contribution in [0.1, 0.15) is 18.5 Å². The first-order chi connectivity index (χ1) is 14.8. The SMILES string of the molecule is COc1cccc(N(C(C)c2cc(OC)ccc2OC)S(=O)(=O)c2ccccc2F)c1. The Hall–Kier alpha value is -3.26. The van der Waals surface area contributed by atoms with Crippen LogP contribution < -0.4 is 18.5 Å². The molecule has 0 heterocycles. The molecule has 0 saturated heterocycles. The second-order valence-electron chi connectivity index (χ2n) is 6.72. The van der Waals surface area contributed by atoms with Crippen LogP contribution in [0.5, 0.6) is 17.2 Å². The maximum atomic E-state index is 14.6. The van der Waals surface area contributed by atoms with Crippen LogP contribution in [0.3, 0.4) is 0 Å². The van der Waals surface area contributed by atoms with Gasteiger partial charge in [0.05, 0.1) is 33.1 Å². The molecule has 0 fully saturated rings. The van der Waals surface area contributed by atoms with Crippen LogP contribution >= 0.6 is 0 Å². The van der Waals surface area contributed by atoms with Crippen molar-refractivity contribution in [2.45, 2.75) is 17.9 Å². The lowest BCUT2D eigenvalue weighted by molar-refractivity contribution is 0.396. The Kier molecular flexibility index (Phi) is 6.70. The van der Waals surface area contributed by atoms with Crippen LogP contribution in [0.25, 0.3) is 0 Å². The molecule has 0 bridgehead atoms. The second-order valence-corrected chi connectivity index (χ2v) is 8.50. The average Bonchev–Trinajstić information content (AvgIpc) is 2.78. The van der Waals surface area contributed by atoms with Gasteiger partial charge in [0.25, 0.3) is 10.0 Å². The number of nitrogens with zero attached hydrogens (tertiary/aromatic N) is 1. The molecule has 0 N–H and O–H groups in total. The minimum atomic E-state index is -4.30. The maximum Gasteiger partial charge on any atom is 0.267 e. The molecule has 3 aromatic rings. The predicted molar refractivity (Wildman–Crippen MR) is 117 cm³/mol. The molecule has 3 rings (SSSR count). The van der Waals surface area contributed by atoms with E-state index in [2.05, 4.69) is 0 Å². The van der Waals surface area contributed by atoms with Crippen molar-refractivity contribution in [1.29, 1.82) is 0 Å². The highest BCUT2D eigenvalue weighted by Gasteiger charge is 2.34. The molecule has 0 aliphatic rings. The zero-order chi connectivity index (χ0) is 22.6. The molecule has 0 aliphatic heterocycles. The third-order valence-electron chi connectivity index (χ3n) is 4.92. The molecular formula is C23H24FNO5S. The highest BCUT2D eigenvalue weighted by atomic mass is 32.2. The molecule has 0 aromatic heterocycles. The van der Waals surface area contributed by atoms with Crippen LogP contribution in [0, 0.1) is 5.82 Å². The van der Waals surface area contributed by atoms with Gasteiger partial charge in [-0.2, -0.15) is 0 Å². The lowest BCUT2D eigenvalue weighted by Gasteiger charge is -2.32. The second kappa shape index (κ2) is 9.26. The minimum Gasteiger partial charge on any atom is -0.497 e. The summed E-state index contributed by atoms with van der Waals surface area (Å²) in [4.78, 5) is -0.425. The summed E-state index contributed by atoms with van der Waals surface area (Å²) in [6, 6.07) is 16.2. The standard InChI is InChI=1S/C23H24FNO5S/c1-16(20-15-19(29-3)12-13-22(20)30-4)25(17-8-7-9-18(14-17)28-2)31(26,27)23-11-6-5-10-21(23)24/h5-16H,1-4H3. The summed E-state index contributed by atoms with van der Waals surface area (Å²) in [5.41, 5.74) is 0.879. The summed E-state index contributed by atoms with van der Waals surface area (Å²) >= 11 is 0. The summed E-state index contributed by atoms with van der Waals surface area (Å²) in [5.74, 6) is 0.651. The quantitative estimate of drug-likeness (QED) is 0.498. The first kappa shape index (κ1) is 22.4. The van der Waals surface area contributed by atoms with Gasteiger partial charge in [-0.25, -0.2) is 12.8 Å². The van der Waals surface area contributed by atoms with Gasteiger partial charge in [0.2, 0.25) is 0 Å². The molecule has 1 unspecified atom stereocenters. The van der Waals surface area contributed by atoms with Crippen molar-refractivity contribution >= 4 is 15.7 Å². The van der Waals surface area contributed by atoms with E-state index in [0.717, 1.165) is 10.4 Å². The molecular weight excluding hydrogens is 421 g/mol. The van der Waals surface area contributed by atoms with E-state index < -0.39 is 26.8 Å². The Bertz CT molecular complexity index is 1170. The van der Waals surface area contributed by atoms with E-state index in [0.29, 0.717) is 28.5 Å². The topological polar surface area (TPSA) is 65.1 Å². The molecule has 164 valence electrons. The summed E-state index contributed by atoms with van der Waals surface area (Å²) < 4.78 is 59.2. The van der Waals surface area contributed by atoms with Crippen LogP contribution in [-0.2, 0) is 10.0 Å². The number of hydrogen-bond donors (Lipinski definition) is 0. The Morgan fingerprint density at radius 1 is 0.839 bits per heavy atom. The molecule has 31 heavy (non-hydrogen) atoms. The number of anilines is 1. The van der Waals surface area contributed by atoms with Crippen molar-refractivity contribution in [2.75, 3.05) is 25.6 Å². The van der Waals surface area contributed by atoms with E-state index in [1.165, 1.54) is 39.5 Å². The molecule has 0 radical (unpaired) electrons. The van der Waals surface area contributed by atoms with Crippen molar-refractivity contribution < 1.29 is 27.0 Å². The summed E-state index contributed by atoms with van der Waals surface area (Å²) in [7, 11) is 0.213. The molecule has 1 atom stereocenters. The Labute approximate surface area is 181 Å². The molecule has 3 aromatic carbocycles. The molecule has 0 spiro atoms. The number of ether oxygens (including phenoxy) is 3. The highest BCUT2D eigenvalue weighted by molar-refractivity contribution is 7.92. The van der Waals surface area contributed by atoms with Crippen LogP contribution in [0.2, 0.25) is 0 Å². The van der Waals surface area contributed by atoms with Gasteiger partial charge in [0, 0.05) is 11.6 Å². The van der Waals surface area contributed by atoms with Gasteiger partial charge in [-0.05, 0) is 49.4 Å². The first-order valence-corrected chi connectivity index (χ1v) is 10.9. The van der Waals surface area contributed by atoms with E-state index in [4.69, 9.17) is 14.2 Å². The number of halogens is 1. The van der Waals surface area contributed by atoms with Crippen LogP contribution in [0.15, 0.2) is 71.6 Å². The van der Waals surface area contributed by atoms with Crippen molar-refractivity contribution in [3.05, 3.63) is 78.1 Å². The van der Waals surface area contributed by atoms with Gasteiger partial charge < -0.3 is 14.2 Å². The van der Waals surface area contributed by atoms with Gasteiger partial charge in [-0.15, -0.1) is 0 Å². The number of hydrogen-bond acceptors (Lipinski definition) is 5. The molecule has 6 nitrogen and oxygen atoms in total. The van der Waals surface area contributed by atoms with E-state index in [9.17, 15) is 12.8 Å². The molecule has 0 aliphatic carbocycles. The number of rotatable bonds is 8. The summed E-state index contributed by atoms with van der Waals surface area (Å²) in [6.45, 7) is 1.70. The third-order valence-corrected chi connectivity index (χ3v) is 6.85. The highest BCUT2D eigenvalue weighted by Crippen LogP contribution is 2.39. The molecule has 0 amide bonds. The van der Waals surface area contributed by atoms with E-state index in [1.54, 1.807) is 49.4 Å². The van der Waals surface area contributed by atoms with Crippen molar-refractivity contribution in [2.24, 2.45) is 0 Å². The normalized spacial score (nSPS) is 12.2. The van der Waals surface area contributed by atoms with Gasteiger partial charge >= 0.3 is 0 Å². The Balaban J connectivity index is 2.25. The van der Waals surface area contributed by atoms with Gasteiger partial charge in [-0.3, -0.25) is 4.31 Å². The Morgan fingerprint density at radius 3 is 2.16 bits per heavy atom. The fraction of sp³-hybridized carbons (Fsp3) is 0.217. The number of sulfonamides is 1. The van der Waals surface area contributed by atoms with Crippen molar-refractivity contribution in [1.82, 2.24) is 0 Å². The maximum absolute atomic E-state index is 14.6. The monoisotopic (exact) mass is 445 g/mol.